The van der Waals surface area contributed by atoms with Crippen molar-refractivity contribution in [3.05, 3.63) is 36.4 Å². The Morgan fingerprint density at radius 2 is 1.53 bits per heavy atom. The molecule has 0 radical (unpaired) electrons. The number of fused-ring (bicyclic) bond motifs is 1. The molecule has 2 aromatic rings. The van der Waals surface area contributed by atoms with E-state index in [0.717, 1.165) is 29.5 Å². The van der Waals surface area contributed by atoms with E-state index in [1.807, 2.05) is 43.3 Å². The first-order chi connectivity index (χ1) is 15.0. The topological polar surface area (TPSA) is 77.1 Å². The molecule has 2 rings (SSSR count). The number of benzene rings is 2. The van der Waals surface area contributed by atoms with E-state index in [9.17, 15) is 8.42 Å². The van der Waals surface area contributed by atoms with Crippen LogP contribution in [0.4, 0.5) is 5.69 Å². The van der Waals surface area contributed by atoms with Crippen molar-refractivity contribution in [3.63, 3.8) is 0 Å². The highest BCUT2D eigenvalue weighted by Gasteiger charge is 2.40. The monoisotopic (exact) mass is 484 g/mol. The first kappa shape index (κ1) is 26.7. The summed E-state index contributed by atoms with van der Waals surface area (Å²) in [5.74, 6) is 0. The van der Waals surface area contributed by atoms with E-state index in [1.165, 1.54) is 0 Å². The molecule has 0 aliphatic heterocycles. The van der Waals surface area contributed by atoms with Crippen molar-refractivity contribution < 1.29 is 26.2 Å². The average Bonchev–Trinajstić information content (AvgIpc) is 2.77. The van der Waals surface area contributed by atoms with Gasteiger partial charge in [0.25, 0.3) is 0 Å². The molecule has 0 saturated heterocycles. The summed E-state index contributed by atoms with van der Waals surface area (Å²) in [5.41, 5.74) is 0.987. The lowest BCUT2D eigenvalue weighted by molar-refractivity contribution is -0.888. The molecule has 32 heavy (non-hydrogen) atoms. The molecule has 2 aromatic carbocycles. The molecule has 0 unspecified atom stereocenters. The van der Waals surface area contributed by atoms with Crippen LogP contribution < -0.4 is 9.62 Å². The Morgan fingerprint density at radius 3 is 2.12 bits per heavy atom. The minimum absolute atomic E-state index is 0.309. The molecular formula is C22H38N3O5SSi+. The van der Waals surface area contributed by atoms with E-state index >= 15 is 0 Å². The molecule has 0 aromatic heterocycles. The molecule has 0 aliphatic carbocycles. The van der Waals surface area contributed by atoms with E-state index in [2.05, 4.69) is 18.8 Å². The standard InChI is InChI=1S/C22H38N3O5SSi/c1-24(2)21-13-8-12-20-19(21)11-9-14-22(20)31(26,27)23-15-10-16-25(3,4)17-18-32(28-5,29-6)30-7/h8-9,11-14,23H,10,15-18H2,1-7H3/q+1. The first-order valence-electron chi connectivity index (χ1n) is 10.7. The van der Waals surface area contributed by atoms with Crippen molar-refractivity contribution in [1.82, 2.24) is 4.72 Å². The van der Waals surface area contributed by atoms with Crippen LogP contribution >= 0.6 is 0 Å². The lowest BCUT2D eigenvalue weighted by Crippen LogP contribution is -2.50. The van der Waals surface area contributed by atoms with Gasteiger partial charge in [0.05, 0.1) is 38.1 Å². The van der Waals surface area contributed by atoms with Crippen LogP contribution in [0.2, 0.25) is 6.04 Å². The van der Waals surface area contributed by atoms with E-state index in [1.54, 1.807) is 33.5 Å². The van der Waals surface area contributed by atoms with Crippen LogP contribution in [0.1, 0.15) is 6.42 Å². The highest BCUT2D eigenvalue weighted by molar-refractivity contribution is 7.89. The van der Waals surface area contributed by atoms with Crippen LogP contribution in [-0.2, 0) is 23.3 Å². The summed E-state index contributed by atoms with van der Waals surface area (Å²) in [6.45, 7) is 1.99. The summed E-state index contributed by atoms with van der Waals surface area (Å²) in [6, 6.07) is 11.8. The minimum atomic E-state index is -3.62. The van der Waals surface area contributed by atoms with Crippen LogP contribution in [0.3, 0.4) is 0 Å². The highest BCUT2D eigenvalue weighted by atomic mass is 32.2. The third-order valence-corrected chi connectivity index (χ3v) is 10.0. The third-order valence-electron chi connectivity index (χ3n) is 5.82. The molecular weight excluding hydrogens is 446 g/mol. The molecule has 180 valence electrons. The number of nitrogens with one attached hydrogen (secondary N) is 1. The van der Waals surface area contributed by atoms with Crippen LogP contribution in [0.25, 0.3) is 10.8 Å². The van der Waals surface area contributed by atoms with E-state index in [0.29, 0.717) is 28.4 Å². The predicted octanol–water partition coefficient (Wildman–Crippen LogP) is 2.53. The van der Waals surface area contributed by atoms with Crippen molar-refractivity contribution in [2.45, 2.75) is 17.4 Å². The molecule has 0 aliphatic rings. The van der Waals surface area contributed by atoms with Gasteiger partial charge in [0.2, 0.25) is 10.0 Å². The van der Waals surface area contributed by atoms with E-state index in [4.69, 9.17) is 13.3 Å². The Hall–Kier alpha value is -1.53. The summed E-state index contributed by atoms with van der Waals surface area (Å²) in [4.78, 5) is 2.30. The third kappa shape index (κ3) is 6.50. The Labute approximate surface area is 194 Å². The van der Waals surface area contributed by atoms with Gasteiger partial charge in [0, 0.05) is 64.9 Å². The molecule has 0 fully saturated rings. The van der Waals surface area contributed by atoms with Gasteiger partial charge in [-0.3, -0.25) is 0 Å². The zero-order valence-corrected chi connectivity index (χ0v) is 22.2. The SMILES string of the molecule is CO[Si](CC[N+](C)(C)CCCNS(=O)(=O)c1cccc2c(N(C)C)cccc12)(OC)OC. The molecule has 1 N–H and O–H groups in total. The van der Waals surface area contributed by atoms with Gasteiger partial charge >= 0.3 is 8.80 Å². The molecule has 10 heteroatoms. The average molecular weight is 485 g/mol. The summed E-state index contributed by atoms with van der Waals surface area (Å²) in [7, 11) is 6.73. The normalized spacial score (nSPS) is 13.0. The second kappa shape index (κ2) is 11.1. The Balaban J connectivity index is 2.02. The Morgan fingerprint density at radius 1 is 0.938 bits per heavy atom. The van der Waals surface area contributed by atoms with Gasteiger partial charge < -0.3 is 22.7 Å². The second-order valence-corrected chi connectivity index (χ2v) is 13.5. The summed E-state index contributed by atoms with van der Waals surface area (Å²) >= 11 is 0. The molecule has 0 amide bonds. The number of anilines is 1. The fourth-order valence-electron chi connectivity index (χ4n) is 3.79. The molecule has 0 heterocycles. The van der Waals surface area contributed by atoms with E-state index in [-0.39, 0.29) is 0 Å². The fraction of sp³-hybridized carbons (Fsp3) is 0.545. The highest BCUT2D eigenvalue weighted by Crippen LogP contribution is 2.30. The van der Waals surface area contributed by atoms with Crippen molar-refractivity contribution in [3.8, 4) is 0 Å². The smallest absolute Gasteiger partial charge is 0.377 e. The summed E-state index contributed by atoms with van der Waals surface area (Å²) in [6.07, 6.45) is 0.710. The van der Waals surface area contributed by atoms with Gasteiger partial charge in [-0.1, -0.05) is 24.3 Å². The summed E-state index contributed by atoms with van der Waals surface area (Å²) < 4.78 is 46.1. The fourth-order valence-corrected chi connectivity index (χ4v) is 7.07. The van der Waals surface area contributed by atoms with Gasteiger partial charge in [0.15, 0.2) is 0 Å². The molecule has 0 bridgehead atoms. The van der Waals surface area contributed by atoms with Gasteiger partial charge in [0.1, 0.15) is 0 Å². The molecule has 0 spiro atoms. The zero-order chi connectivity index (χ0) is 24.0. The zero-order valence-electron chi connectivity index (χ0n) is 20.3. The lowest BCUT2D eigenvalue weighted by atomic mass is 10.1. The maximum atomic E-state index is 13.1. The molecule has 8 nitrogen and oxygen atoms in total. The lowest BCUT2D eigenvalue weighted by Gasteiger charge is -2.33. The van der Waals surface area contributed by atoms with Gasteiger partial charge in [-0.05, 0) is 12.1 Å². The van der Waals surface area contributed by atoms with Crippen molar-refractivity contribution in [2.75, 3.05) is 74.1 Å². The van der Waals surface area contributed by atoms with Crippen LogP contribution in [0, 0.1) is 0 Å². The van der Waals surface area contributed by atoms with Gasteiger partial charge in [-0.15, -0.1) is 0 Å². The summed E-state index contributed by atoms with van der Waals surface area (Å²) in [5, 5.41) is 1.64. The second-order valence-electron chi connectivity index (χ2n) is 8.70. The Kier molecular flexibility index (Phi) is 9.23. The van der Waals surface area contributed by atoms with Gasteiger partial charge in [-0.25, -0.2) is 13.1 Å². The number of hydrogen-bond donors (Lipinski definition) is 1. The number of quaternary nitrogens is 1. The van der Waals surface area contributed by atoms with Crippen LogP contribution in [0.5, 0.6) is 0 Å². The predicted molar refractivity (Wildman–Crippen MR) is 132 cm³/mol. The van der Waals surface area contributed by atoms with Crippen molar-refractivity contribution in [1.29, 1.82) is 0 Å². The maximum Gasteiger partial charge on any atom is 0.505 e. The maximum absolute atomic E-state index is 13.1. The van der Waals surface area contributed by atoms with Crippen molar-refractivity contribution in [2.24, 2.45) is 0 Å². The number of hydrogen-bond acceptors (Lipinski definition) is 6. The molecule has 0 saturated carbocycles. The van der Waals surface area contributed by atoms with E-state index < -0.39 is 18.8 Å². The molecule has 0 atom stereocenters. The van der Waals surface area contributed by atoms with Crippen molar-refractivity contribution >= 4 is 35.3 Å². The number of rotatable bonds is 13. The number of sulfonamides is 1. The number of nitrogens with zero attached hydrogens (tertiary/aromatic N) is 2. The van der Waals surface area contributed by atoms with Crippen LogP contribution in [-0.4, -0.2) is 90.9 Å². The van der Waals surface area contributed by atoms with Crippen LogP contribution in [0.15, 0.2) is 41.3 Å². The quantitative estimate of drug-likeness (QED) is 0.267. The minimum Gasteiger partial charge on any atom is -0.377 e. The first-order valence-corrected chi connectivity index (χ1v) is 14.1. The largest absolute Gasteiger partial charge is 0.505 e. The van der Waals surface area contributed by atoms with Gasteiger partial charge in [-0.2, -0.15) is 0 Å². The Bertz CT molecular complexity index is 986.